The summed E-state index contributed by atoms with van der Waals surface area (Å²) in [5, 5.41) is 10.4. The number of pyridine rings is 1. The van der Waals surface area contributed by atoms with Crippen molar-refractivity contribution in [1.29, 1.82) is 0 Å². The highest BCUT2D eigenvalue weighted by Gasteiger charge is 2.36. The first-order chi connectivity index (χ1) is 22.9. The van der Waals surface area contributed by atoms with Gasteiger partial charge in [-0.05, 0) is 50.9 Å². The molecule has 1 aliphatic carbocycles. The molecule has 1 saturated heterocycles. The zero-order valence-electron chi connectivity index (χ0n) is 26.7. The summed E-state index contributed by atoms with van der Waals surface area (Å²) >= 11 is 0. The van der Waals surface area contributed by atoms with Crippen molar-refractivity contribution in [3.8, 4) is 11.6 Å². The van der Waals surface area contributed by atoms with Crippen LogP contribution in [-0.4, -0.2) is 95.6 Å². The van der Waals surface area contributed by atoms with Crippen LogP contribution in [0.1, 0.15) is 65.4 Å². The second-order valence-corrected chi connectivity index (χ2v) is 11.5. The Morgan fingerprint density at radius 3 is 2.44 bits per heavy atom. The number of likely N-dealkylation sites (N-methyl/N-ethyl adjacent to an activating group) is 1. The average molecular weight is 676 g/mol. The maximum Gasteiger partial charge on any atom is 0.511 e. The van der Waals surface area contributed by atoms with Crippen molar-refractivity contribution < 1.29 is 46.5 Å². The van der Waals surface area contributed by atoms with E-state index in [4.69, 9.17) is 18.9 Å². The summed E-state index contributed by atoms with van der Waals surface area (Å²) < 4.78 is 63.3. The summed E-state index contributed by atoms with van der Waals surface area (Å²) in [6.07, 6.45) is -0.695. The Morgan fingerprint density at radius 2 is 1.75 bits per heavy atom. The van der Waals surface area contributed by atoms with Crippen molar-refractivity contribution in [1.82, 2.24) is 24.9 Å². The third kappa shape index (κ3) is 8.50. The molecule has 1 aliphatic heterocycles. The molecule has 48 heavy (non-hydrogen) atoms. The zero-order valence-corrected chi connectivity index (χ0v) is 26.7. The smallest absolute Gasteiger partial charge is 0.481 e. The molecule has 1 amide bonds. The Balaban J connectivity index is 1.34. The van der Waals surface area contributed by atoms with Crippen LogP contribution < -0.4 is 15.0 Å². The Labute approximate surface area is 274 Å². The van der Waals surface area contributed by atoms with Crippen molar-refractivity contribution >= 4 is 29.4 Å². The molecule has 14 nitrogen and oxygen atoms in total. The number of methoxy groups -OCH3 is 1. The molecule has 1 N–H and O–H groups in total. The number of rotatable bonds is 9. The van der Waals surface area contributed by atoms with E-state index in [1.54, 1.807) is 12.1 Å². The lowest BCUT2D eigenvalue weighted by Crippen LogP contribution is -2.44. The second-order valence-electron chi connectivity index (χ2n) is 11.5. The maximum atomic E-state index is 13.9. The molecule has 3 heterocycles. The quantitative estimate of drug-likeness (QED) is 0.248. The molecule has 2 aromatic heterocycles. The molecule has 2 aliphatic rings. The van der Waals surface area contributed by atoms with E-state index in [0.717, 1.165) is 51.4 Å². The molecule has 1 saturated carbocycles. The van der Waals surface area contributed by atoms with Gasteiger partial charge in [-0.15, -0.1) is 5.10 Å². The number of halogens is 3. The fraction of sp³-hybridized carbons (Fsp3) is 0.484. The van der Waals surface area contributed by atoms with Gasteiger partial charge < -0.3 is 34.1 Å². The van der Waals surface area contributed by atoms with Crippen LogP contribution in [0.5, 0.6) is 5.88 Å². The number of aromatic nitrogens is 4. The molecule has 0 radical (unpaired) electrons. The van der Waals surface area contributed by atoms with E-state index in [9.17, 15) is 27.6 Å². The van der Waals surface area contributed by atoms with Gasteiger partial charge in [0.25, 0.3) is 5.91 Å². The fourth-order valence-corrected chi connectivity index (χ4v) is 5.44. The van der Waals surface area contributed by atoms with Gasteiger partial charge in [0.1, 0.15) is 6.10 Å². The zero-order chi connectivity index (χ0) is 34.4. The fourth-order valence-electron chi connectivity index (χ4n) is 5.44. The number of anilines is 2. The van der Waals surface area contributed by atoms with Crippen LogP contribution in [-0.2, 0) is 20.4 Å². The number of carbonyl (C=O) groups is 3. The molecule has 1 aromatic carbocycles. The van der Waals surface area contributed by atoms with Gasteiger partial charge in [0.05, 0.1) is 41.5 Å². The number of ether oxygens (including phenoxy) is 4. The standard InChI is InChI=1S/C31H36F3N7O7/c1-19(47-30(44)48-21-7-5-4-6-8-21)46-29(43)25-18-41(38-37-25)20-9-10-26(40-13-11-39(2)12-14-40)24(15-20)36-28(42)22-17-35-27(45-3)16-23(22)31(32,33)34/h9-10,15-19,21H,4-8,11-14H2,1-3H3,(H,36,42). The van der Waals surface area contributed by atoms with Gasteiger partial charge in [0.15, 0.2) is 5.69 Å². The van der Waals surface area contributed by atoms with Gasteiger partial charge in [0.2, 0.25) is 12.2 Å². The third-order valence-corrected chi connectivity index (χ3v) is 8.03. The second kappa shape index (κ2) is 14.9. The minimum atomic E-state index is -4.85. The van der Waals surface area contributed by atoms with Crippen LogP contribution in [0.4, 0.5) is 29.3 Å². The van der Waals surface area contributed by atoms with Crippen LogP contribution in [0.15, 0.2) is 36.7 Å². The molecule has 1 unspecified atom stereocenters. The van der Waals surface area contributed by atoms with E-state index in [1.807, 2.05) is 11.9 Å². The highest BCUT2D eigenvalue weighted by atomic mass is 19.4. The third-order valence-electron chi connectivity index (χ3n) is 8.03. The van der Waals surface area contributed by atoms with Crippen molar-refractivity contribution in [3.05, 3.63) is 53.5 Å². The van der Waals surface area contributed by atoms with Crippen molar-refractivity contribution in [2.24, 2.45) is 0 Å². The summed E-state index contributed by atoms with van der Waals surface area (Å²) in [7, 11) is 3.15. The predicted molar refractivity (Wildman–Crippen MR) is 164 cm³/mol. The summed E-state index contributed by atoms with van der Waals surface area (Å²) in [4.78, 5) is 46.1. The molecular weight excluding hydrogens is 639 g/mol. The number of piperazine rings is 1. The van der Waals surface area contributed by atoms with Gasteiger partial charge in [-0.1, -0.05) is 11.6 Å². The number of nitrogens with zero attached hydrogens (tertiary/aromatic N) is 6. The van der Waals surface area contributed by atoms with Crippen LogP contribution in [0, 0.1) is 0 Å². The van der Waals surface area contributed by atoms with Gasteiger partial charge in [0, 0.05) is 45.4 Å². The largest absolute Gasteiger partial charge is 0.511 e. The molecule has 0 spiro atoms. The van der Waals surface area contributed by atoms with Gasteiger partial charge in [-0.2, -0.15) is 13.2 Å². The Hall–Kier alpha value is -4.93. The summed E-state index contributed by atoms with van der Waals surface area (Å²) in [5.74, 6) is -2.25. The van der Waals surface area contributed by atoms with E-state index < -0.39 is 41.6 Å². The molecule has 0 bridgehead atoms. The number of benzene rings is 1. The highest BCUT2D eigenvalue weighted by Crippen LogP contribution is 2.35. The first-order valence-electron chi connectivity index (χ1n) is 15.4. The van der Waals surface area contributed by atoms with E-state index in [-0.39, 0.29) is 23.4 Å². The molecule has 5 rings (SSSR count). The first-order valence-corrected chi connectivity index (χ1v) is 15.4. The van der Waals surface area contributed by atoms with Crippen molar-refractivity contribution in [2.75, 3.05) is 50.6 Å². The molecule has 2 fully saturated rings. The summed E-state index contributed by atoms with van der Waals surface area (Å²) in [5.41, 5.74) is -1.00. The molecule has 1 atom stereocenters. The Bertz CT molecular complexity index is 1620. The predicted octanol–water partition coefficient (Wildman–Crippen LogP) is 4.68. The number of alkyl halides is 3. The van der Waals surface area contributed by atoms with E-state index in [2.05, 4.69) is 25.5 Å². The van der Waals surface area contributed by atoms with Crippen LogP contribution in [0.25, 0.3) is 5.69 Å². The Morgan fingerprint density at radius 1 is 1.02 bits per heavy atom. The van der Waals surface area contributed by atoms with Crippen LogP contribution in [0.2, 0.25) is 0 Å². The monoisotopic (exact) mass is 675 g/mol. The number of hydrogen-bond donors (Lipinski definition) is 1. The van der Waals surface area contributed by atoms with Crippen molar-refractivity contribution in [3.63, 3.8) is 0 Å². The van der Waals surface area contributed by atoms with E-state index >= 15 is 0 Å². The normalized spacial score (nSPS) is 16.6. The molecule has 258 valence electrons. The van der Waals surface area contributed by atoms with E-state index in [0.29, 0.717) is 30.5 Å². The molecule has 3 aromatic rings. The number of hydrogen-bond acceptors (Lipinski definition) is 12. The number of carbonyl (C=O) groups excluding carboxylic acids is 3. The van der Waals surface area contributed by atoms with Gasteiger partial charge in [-0.3, -0.25) is 4.79 Å². The molecule has 17 heteroatoms. The minimum Gasteiger partial charge on any atom is -0.481 e. The van der Waals surface area contributed by atoms with E-state index in [1.165, 1.54) is 31.0 Å². The van der Waals surface area contributed by atoms with Crippen LogP contribution >= 0.6 is 0 Å². The SMILES string of the molecule is COc1cc(C(F)(F)F)c(C(=O)Nc2cc(-n3cc(C(=O)OC(C)OC(=O)OC4CCCCC4)nn3)ccc2N2CCN(C)CC2)cn1. The average Bonchev–Trinajstić information content (AvgIpc) is 3.56. The lowest BCUT2D eigenvalue weighted by molar-refractivity contribution is -0.138. The van der Waals surface area contributed by atoms with Gasteiger partial charge >= 0.3 is 18.3 Å². The topological polar surface area (TPSA) is 150 Å². The maximum absolute atomic E-state index is 13.9. The minimum absolute atomic E-state index is 0.198. The molecular formula is C31H36F3N7O7. The van der Waals surface area contributed by atoms with Crippen LogP contribution in [0.3, 0.4) is 0 Å². The number of nitrogens with one attached hydrogen (secondary N) is 1. The number of esters is 1. The summed E-state index contributed by atoms with van der Waals surface area (Å²) in [6, 6.07) is 5.53. The number of amides is 1. The van der Waals surface area contributed by atoms with Crippen molar-refractivity contribution in [2.45, 2.75) is 57.6 Å². The Kier molecular flexibility index (Phi) is 10.7. The highest BCUT2D eigenvalue weighted by molar-refractivity contribution is 6.07. The lowest BCUT2D eigenvalue weighted by atomic mass is 9.98. The summed E-state index contributed by atoms with van der Waals surface area (Å²) in [6.45, 7) is 4.02. The first kappa shape index (κ1) is 34.4. The lowest BCUT2D eigenvalue weighted by Gasteiger charge is -2.35. The van der Waals surface area contributed by atoms with Gasteiger partial charge in [-0.25, -0.2) is 19.3 Å².